The number of rotatable bonds is 58. The van der Waals surface area contributed by atoms with Crippen LogP contribution in [0.3, 0.4) is 0 Å². The monoisotopic (exact) mass is 1130 g/mol. The van der Waals surface area contributed by atoms with E-state index in [1.165, 1.54) is 70.6 Å². The van der Waals surface area contributed by atoms with Crippen molar-refractivity contribution in [3.63, 3.8) is 0 Å². The summed E-state index contributed by atoms with van der Waals surface area (Å²) in [7, 11) is 0. The molecule has 460 valence electrons. The van der Waals surface area contributed by atoms with Crippen molar-refractivity contribution >= 4 is 17.9 Å². The molecule has 6 nitrogen and oxygen atoms in total. The van der Waals surface area contributed by atoms with E-state index >= 15 is 0 Å². The van der Waals surface area contributed by atoms with Crippen LogP contribution in [0.4, 0.5) is 0 Å². The molecule has 0 aromatic heterocycles. The molecule has 0 spiro atoms. The van der Waals surface area contributed by atoms with Gasteiger partial charge in [0.15, 0.2) is 6.10 Å². The molecular formula is C76H120O6. The Morgan fingerprint density at radius 1 is 0.256 bits per heavy atom. The molecule has 82 heavy (non-hydrogen) atoms. The van der Waals surface area contributed by atoms with Crippen LogP contribution in [0.5, 0.6) is 0 Å². The predicted octanol–water partition coefficient (Wildman–Crippen LogP) is 23.0. The summed E-state index contributed by atoms with van der Waals surface area (Å²) in [6.07, 6.45) is 101. The van der Waals surface area contributed by atoms with Crippen molar-refractivity contribution in [3.8, 4) is 0 Å². The average Bonchev–Trinajstić information content (AvgIpc) is 3.48. The fourth-order valence-corrected chi connectivity index (χ4v) is 8.55. The summed E-state index contributed by atoms with van der Waals surface area (Å²) in [5, 5.41) is 0. The third-order valence-electron chi connectivity index (χ3n) is 13.4. The Morgan fingerprint density at radius 3 is 0.780 bits per heavy atom. The minimum absolute atomic E-state index is 0.115. The summed E-state index contributed by atoms with van der Waals surface area (Å²) >= 11 is 0. The smallest absolute Gasteiger partial charge is 0.306 e. The van der Waals surface area contributed by atoms with Gasteiger partial charge in [-0.2, -0.15) is 0 Å². The van der Waals surface area contributed by atoms with Crippen molar-refractivity contribution in [2.75, 3.05) is 13.2 Å². The van der Waals surface area contributed by atoms with E-state index in [2.05, 4.69) is 191 Å². The summed E-state index contributed by atoms with van der Waals surface area (Å²) in [4.78, 5) is 38.3. The predicted molar refractivity (Wildman–Crippen MR) is 357 cm³/mol. The molecule has 0 rings (SSSR count). The third kappa shape index (κ3) is 65.6. The van der Waals surface area contributed by atoms with E-state index in [1.54, 1.807) is 0 Å². The Balaban J connectivity index is 4.42. The van der Waals surface area contributed by atoms with Gasteiger partial charge in [-0.25, -0.2) is 0 Å². The molecule has 0 aromatic rings. The fourth-order valence-electron chi connectivity index (χ4n) is 8.55. The Hall–Kier alpha value is -5.23. The first-order chi connectivity index (χ1) is 40.5. The first-order valence-corrected chi connectivity index (χ1v) is 33.1. The highest BCUT2D eigenvalue weighted by Crippen LogP contribution is 2.14. The van der Waals surface area contributed by atoms with Gasteiger partial charge in [0.2, 0.25) is 0 Å². The summed E-state index contributed by atoms with van der Waals surface area (Å²) in [5.41, 5.74) is 0. The van der Waals surface area contributed by atoms with E-state index in [0.29, 0.717) is 19.3 Å². The Bertz CT molecular complexity index is 1870. The third-order valence-corrected chi connectivity index (χ3v) is 13.4. The van der Waals surface area contributed by atoms with Crippen molar-refractivity contribution in [2.24, 2.45) is 0 Å². The van der Waals surface area contributed by atoms with E-state index in [9.17, 15) is 14.4 Å². The molecule has 0 fully saturated rings. The van der Waals surface area contributed by atoms with Crippen molar-refractivity contribution < 1.29 is 28.6 Å². The molecule has 0 aromatic carbocycles. The number of esters is 3. The van der Waals surface area contributed by atoms with E-state index < -0.39 is 6.10 Å². The van der Waals surface area contributed by atoms with Gasteiger partial charge in [-0.05, 0) is 148 Å². The van der Waals surface area contributed by atoms with Crippen LogP contribution in [0.15, 0.2) is 170 Å². The molecule has 0 N–H and O–H groups in total. The van der Waals surface area contributed by atoms with Crippen molar-refractivity contribution in [1.29, 1.82) is 0 Å². The fraction of sp³-hybridized carbons (Fsp3) is 0.592. The zero-order valence-electron chi connectivity index (χ0n) is 52.7. The van der Waals surface area contributed by atoms with Gasteiger partial charge in [0.25, 0.3) is 0 Å². The number of hydrogen-bond acceptors (Lipinski definition) is 6. The largest absolute Gasteiger partial charge is 0.462 e. The summed E-state index contributed by atoms with van der Waals surface area (Å²) in [6, 6.07) is 0. The van der Waals surface area contributed by atoms with Crippen LogP contribution in [0.2, 0.25) is 0 Å². The molecule has 1 unspecified atom stereocenters. The van der Waals surface area contributed by atoms with Crippen molar-refractivity contribution in [1.82, 2.24) is 0 Å². The zero-order chi connectivity index (χ0) is 59.2. The molecule has 0 aliphatic heterocycles. The highest BCUT2D eigenvalue weighted by molar-refractivity contribution is 5.71. The van der Waals surface area contributed by atoms with Crippen LogP contribution in [0.1, 0.15) is 271 Å². The van der Waals surface area contributed by atoms with Gasteiger partial charge >= 0.3 is 17.9 Å². The Labute approximate surface area is 504 Å². The van der Waals surface area contributed by atoms with E-state index in [4.69, 9.17) is 14.2 Å². The molecule has 0 radical (unpaired) electrons. The van der Waals surface area contributed by atoms with E-state index in [1.807, 2.05) is 0 Å². The molecule has 6 heteroatoms. The molecule has 0 heterocycles. The average molecular weight is 1130 g/mol. The van der Waals surface area contributed by atoms with Crippen LogP contribution in [0, 0.1) is 0 Å². The lowest BCUT2D eigenvalue weighted by molar-refractivity contribution is -0.167. The summed E-state index contributed by atoms with van der Waals surface area (Å²) in [6.45, 7) is 6.33. The van der Waals surface area contributed by atoms with E-state index in [-0.39, 0.29) is 37.5 Å². The topological polar surface area (TPSA) is 78.9 Å². The second-order valence-corrected chi connectivity index (χ2v) is 21.3. The maximum absolute atomic E-state index is 12.9. The molecule has 0 aliphatic carbocycles. The minimum atomic E-state index is -0.826. The summed E-state index contributed by atoms with van der Waals surface area (Å²) in [5.74, 6) is -0.997. The lowest BCUT2D eigenvalue weighted by Crippen LogP contribution is -2.30. The van der Waals surface area contributed by atoms with Gasteiger partial charge in [-0.1, -0.05) is 274 Å². The van der Waals surface area contributed by atoms with Crippen LogP contribution in [-0.4, -0.2) is 37.2 Å². The van der Waals surface area contributed by atoms with Crippen molar-refractivity contribution in [2.45, 2.75) is 277 Å². The first kappa shape index (κ1) is 76.8. The number of carbonyl (C=O) groups excluding carboxylic acids is 3. The maximum atomic E-state index is 12.9. The van der Waals surface area contributed by atoms with E-state index in [0.717, 1.165) is 154 Å². The van der Waals surface area contributed by atoms with Crippen LogP contribution in [-0.2, 0) is 28.6 Å². The molecule has 0 saturated carbocycles. The highest BCUT2D eigenvalue weighted by atomic mass is 16.6. The molecule has 1 atom stereocenters. The Kier molecular flexibility index (Phi) is 63.9. The second-order valence-electron chi connectivity index (χ2n) is 21.3. The van der Waals surface area contributed by atoms with Crippen LogP contribution < -0.4 is 0 Å². The van der Waals surface area contributed by atoms with Gasteiger partial charge in [0, 0.05) is 19.3 Å². The lowest BCUT2D eigenvalue weighted by atomic mass is 10.1. The van der Waals surface area contributed by atoms with Crippen molar-refractivity contribution in [3.05, 3.63) is 170 Å². The Morgan fingerprint density at radius 2 is 0.488 bits per heavy atom. The standard InChI is InChI=1S/C76H120O6/c1-4-7-10-13-16-19-22-25-28-31-32-33-34-35-36-37-38-39-40-41-42-43-44-46-48-51-54-57-60-63-66-69-75(78)81-72-73(71-80-74(77)68-65-62-59-56-53-50-47-30-27-24-21-18-15-12-9-6-3)82-76(79)70-67-64-61-58-55-52-49-45-29-26-23-20-17-14-11-8-5-2/h7-8,10-11,16-17,19-21,24-26,28-30,32-33,35-36,38-39,41-42,47,49,52,58,61,73H,4-6,9,12-15,18,22-23,27,31,34,37,40,43-46,48,50-51,53-57,59-60,62-72H2,1-3H3/b10-7-,11-8-,19-16-,20-17-,24-21-,28-25-,29-26-,33-32-,36-35-,39-38-,42-41-,47-30-,52-49-,61-58-. The number of unbranched alkanes of at least 4 members (excludes halogenated alkanes) is 19. The molecule has 0 amide bonds. The normalized spacial score (nSPS) is 13.3. The zero-order valence-corrected chi connectivity index (χ0v) is 52.7. The molecule has 0 bridgehead atoms. The van der Waals surface area contributed by atoms with Gasteiger partial charge in [0.1, 0.15) is 13.2 Å². The molecular weight excluding hydrogens is 1010 g/mol. The lowest BCUT2D eigenvalue weighted by Gasteiger charge is -2.18. The summed E-state index contributed by atoms with van der Waals surface area (Å²) < 4.78 is 16.9. The first-order valence-electron chi connectivity index (χ1n) is 33.1. The SMILES string of the molecule is CC/C=C\C/C=C\C/C=C\C/C=C\C/C=C\C/C=C\C/C=C\CCCCCCCCCCCC(=O)OCC(COC(=O)CCCCCCC/C=C\C/C=C\CCCCCC)OC(=O)CCC/C=C\C/C=C\C/C=C\C/C=C\C/C=C\CC. The number of ether oxygens (including phenoxy) is 3. The van der Waals surface area contributed by atoms with Gasteiger partial charge in [-0.15, -0.1) is 0 Å². The molecule has 0 saturated heterocycles. The maximum Gasteiger partial charge on any atom is 0.306 e. The number of hydrogen-bond donors (Lipinski definition) is 0. The van der Waals surface area contributed by atoms with Crippen LogP contribution >= 0.6 is 0 Å². The second kappa shape index (κ2) is 68.3. The quantitative estimate of drug-likeness (QED) is 0.0261. The number of allylic oxidation sites excluding steroid dienone is 28. The van der Waals surface area contributed by atoms with Gasteiger partial charge in [-0.3, -0.25) is 14.4 Å². The molecule has 0 aliphatic rings. The van der Waals surface area contributed by atoms with Gasteiger partial charge in [0.05, 0.1) is 0 Å². The highest BCUT2D eigenvalue weighted by Gasteiger charge is 2.19. The van der Waals surface area contributed by atoms with Gasteiger partial charge < -0.3 is 14.2 Å². The minimum Gasteiger partial charge on any atom is -0.462 e. The number of carbonyl (C=O) groups is 3. The van der Waals surface area contributed by atoms with Crippen LogP contribution in [0.25, 0.3) is 0 Å².